The molecule has 1 aromatic carbocycles. The number of nitrogens with zero attached hydrogens (tertiary/aromatic N) is 2. The van der Waals surface area contributed by atoms with E-state index in [9.17, 15) is 0 Å². The summed E-state index contributed by atoms with van der Waals surface area (Å²) in [6, 6.07) is 12.3. The van der Waals surface area contributed by atoms with Crippen LogP contribution in [0.1, 0.15) is 25.6 Å². The molecule has 0 spiro atoms. The summed E-state index contributed by atoms with van der Waals surface area (Å²) in [6.45, 7) is 9.03. The Kier molecular flexibility index (Phi) is 3.95. The molecule has 3 heteroatoms. The first kappa shape index (κ1) is 12.6. The SMILES string of the molecule is C=C(C)C(NCC)c1ccn(-c2ccccc2)n1. The van der Waals surface area contributed by atoms with Crippen molar-refractivity contribution in [1.82, 2.24) is 15.1 Å². The van der Waals surface area contributed by atoms with Gasteiger partial charge in [-0.1, -0.05) is 37.3 Å². The number of aromatic nitrogens is 2. The molecule has 0 saturated carbocycles. The summed E-state index contributed by atoms with van der Waals surface area (Å²) in [7, 11) is 0. The minimum atomic E-state index is 0.125. The van der Waals surface area contributed by atoms with Crippen LogP contribution in [0.4, 0.5) is 0 Å². The Balaban J connectivity index is 2.27. The van der Waals surface area contributed by atoms with Crippen LogP contribution in [0.5, 0.6) is 0 Å². The second-order valence-corrected chi connectivity index (χ2v) is 4.36. The van der Waals surface area contributed by atoms with E-state index in [1.165, 1.54) is 0 Å². The Labute approximate surface area is 108 Å². The summed E-state index contributed by atoms with van der Waals surface area (Å²) in [5.41, 5.74) is 3.16. The van der Waals surface area contributed by atoms with Gasteiger partial charge in [0.1, 0.15) is 0 Å². The molecular weight excluding hydrogens is 222 g/mol. The first-order valence-corrected chi connectivity index (χ1v) is 6.22. The molecule has 0 bridgehead atoms. The lowest BCUT2D eigenvalue weighted by molar-refractivity contribution is 0.599. The Bertz CT molecular complexity index is 514. The van der Waals surface area contributed by atoms with Gasteiger partial charge in [-0.2, -0.15) is 5.10 Å². The summed E-state index contributed by atoms with van der Waals surface area (Å²) in [6.07, 6.45) is 1.98. The minimum absolute atomic E-state index is 0.125. The second-order valence-electron chi connectivity index (χ2n) is 4.36. The molecule has 1 heterocycles. The van der Waals surface area contributed by atoms with Crippen molar-refractivity contribution in [3.8, 4) is 5.69 Å². The van der Waals surface area contributed by atoms with Gasteiger partial charge in [-0.05, 0) is 31.7 Å². The third-order valence-corrected chi connectivity index (χ3v) is 2.83. The number of benzene rings is 1. The molecule has 0 aliphatic heterocycles. The summed E-state index contributed by atoms with van der Waals surface area (Å²) >= 11 is 0. The average molecular weight is 241 g/mol. The van der Waals surface area contributed by atoms with E-state index in [4.69, 9.17) is 0 Å². The van der Waals surface area contributed by atoms with E-state index < -0.39 is 0 Å². The topological polar surface area (TPSA) is 29.9 Å². The molecule has 1 unspecified atom stereocenters. The highest BCUT2D eigenvalue weighted by Gasteiger charge is 2.14. The summed E-state index contributed by atoms with van der Waals surface area (Å²) in [4.78, 5) is 0. The Morgan fingerprint density at radius 1 is 1.33 bits per heavy atom. The van der Waals surface area contributed by atoms with Gasteiger partial charge in [0.2, 0.25) is 0 Å². The molecule has 0 saturated heterocycles. The first-order valence-electron chi connectivity index (χ1n) is 6.22. The number of hydrogen-bond acceptors (Lipinski definition) is 2. The minimum Gasteiger partial charge on any atom is -0.305 e. The quantitative estimate of drug-likeness (QED) is 0.815. The number of rotatable bonds is 5. The zero-order valence-electron chi connectivity index (χ0n) is 10.9. The fourth-order valence-electron chi connectivity index (χ4n) is 1.95. The molecule has 0 radical (unpaired) electrons. The van der Waals surface area contributed by atoms with Crippen LogP contribution in [0, 0.1) is 0 Å². The van der Waals surface area contributed by atoms with Gasteiger partial charge in [0.25, 0.3) is 0 Å². The molecular formula is C15H19N3. The van der Waals surface area contributed by atoms with E-state index in [1.54, 1.807) is 0 Å². The maximum atomic E-state index is 4.61. The van der Waals surface area contributed by atoms with Gasteiger partial charge < -0.3 is 5.32 Å². The molecule has 0 amide bonds. The third kappa shape index (κ3) is 2.68. The zero-order valence-corrected chi connectivity index (χ0v) is 10.9. The molecule has 0 aliphatic rings. The molecule has 3 nitrogen and oxygen atoms in total. The first-order chi connectivity index (χ1) is 8.72. The summed E-state index contributed by atoms with van der Waals surface area (Å²) in [5.74, 6) is 0. The summed E-state index contributed by atoms with van der Waals surface area (Å²) < 4.78 is 1.89. The lowest BCUT2D eigenvalue weighted by Crippen LogP contribution is -2.22. The van der Waals surface area contributed by atoms with Crippen LogP contribution < -0.4 is 5.32 Å². The maximum absolute atomic E-state index is 4.61. The average Bonchev–Trinajstić information content (AvgIpc) is 2.86. The molecule has 1 aromatic heterocycles. The molecule has 0 fully saturated rings. The van der Waals surface area contributed by atoms with Crippen molar-refractivity contribution in [3.63, 3.8) is 0 Å². The molecule has 2 rings (SSSR count). The van der Waals surface area contributed by atoms with Crippen molar-refractivity contribution in [3.05, 3.63) is 60.4 Å². The van der Waals surface area contributed by atoms with Crippen LogP contribution in [-0.2, 0) is 0 Å². The van der Waals surface area contributed by atoms with Crippen molar-refractivity contribution in [2.24, 2.45) is 0 Å². The highest BCUT2D eigenvalue weighted by atomic mass is 15.3. The van der Waals surface area contributed by atoms with Crippen molar-refractivity contribution in [1.29, 1.82) is 0 Å². The highest BCUT2D eigenvalue weighted by Crippen LogP contribution is 2.19. The molecule has 2 aromatic rings. The molecule has 1 atom stereocenters. The second kappa shape index (κ2) is 5.65. The van der Waals surface area contributed by atoms with E-state index in [0.717, 1.165) is 23.5 Å². The highest BCUT2D eigenvalue weighted by molar-refractivity contribution is 5.31. The van der Waals surface area contributed by atoms with Crippen molar-refractivity contribution in [2.45, 2.75) is 19.9 Å². The van der Waals surface area contributed by atoms with Gasteiger partial charge in [0.15, 0.2) is 0 Å². The van der Waals surface area contributed by atoms with Crippen LogP contribution in [0.2, 0.25) is 0 Å². The Morgan fingerprint density at radius 3 is 2.67 bits per heavy atom. The van der Waals surface area contributed by atoms with E-state index >= 15 is 0 Å². The van der Waals surface area contributed by atoms with Crippen molar-refractivity contribution < 1.29 is 0 Å². The molecule has 18 heavy (non-hydrogen) atoms. The Hall–Kier alpha value is -1.87. The molecule has 1 N–H and O–H groups in total. The fraction of sp³-hybridized carbons (Fsp3) is 0.267. The van der Waals surface area contributed by atoms with Crippen LogP contribution in [0.25, 0.3) is 5.69 Å². The molecule has 94 valence electrons. The van der Waals surface area contributed by atoms with Gasteiger partial charge in [-0.25, -0.2) is 4.68 Å². The Morgan fingerprint density at radius 2 is 2.06 bits per heavy atom. The van der Waals surface area contributed by atoms with Gasteiger partial charge in [-0.3, -0.25) is 0 Å². The predicted molar refractivity (Wildman–Crippen MR) is 74.8 cm³/mol. The van der Waals surface area contributed by atoms with Gasteiger partial charge in [-0.15, -0.1) is 0 Å². The van der Waals surface area contributed by atoms with Gasteiger partial charge >= 0.3 is 0 Å². The lowest BCUT2D eigenvalue weighted by atomic mass is 10.1. The van der Waals surface area contributed by atoms with E-state index in [2.05, 4.69) is 23.9 Å². The third-order valence-electron chi connectivity index (χ3n) is 2.83. The number of para-hydroxylation sites is 1. The normalized spacial score (nSPS) is 12.3. The van der Waals surface area contributed by atoms with Gasteiger partial charge in [0.05, 0.1) is 17.4 Å². The van der Waals surface area contributed by atoms with Crippen LogP contribution in [0.3, 0.4) is 0 Å². The fourth-order valence-corrected chi connectivity index (χ4v) is 1.95. The monoisotopic (exact) mass is 241 g/mol. The van der Waals surface area contributed by atoms with Crippen molar-refractivity contribution >= 4 is 0 Å². The van der Waals surface area contributed by atoms with Crippen LogP contribution >= 0.6 is 0 Å². The van der Waals surface area contributed by atoms with Crippen molar-refractivity contribution in [2.75, 3.05) is 6.54 Å². The number of nitrogens with one attached hydrogen (secondary N) is 1. The summed E-state index contributed by atoms with van der Waals surface area (Å²) in [5, 5.41) is 8.00. The molecule has 0 aliphatic carbocycles. The van der Waals surface area contributed by atoms with Gasteiger partial charge in [0, 0.05) is 6.20 Å². The van der Waals surface area contributed by atoms with E-state index in [-0.39, 0.29) is 6.04 Å². The smallest absolute Gasteiger partial charge is 0.0840 e. The number of hydrogen-bond donors (Lipinski definition) is 1. The zero-order chi connectivity index (χ0) is 13.0. The van der Waals surface area contributed by atoms with Crippen LogP contribution in [0.15, 0.2) is 54.7 Å². The predicted octanol–water partition coefficient (Wildman–Crippen LogP) is 3.10. The van der Waals surface area contributed by atoms with E-state index in [0.29, 0.717) is 0 Å². The number of likely N-dealkylation sites (N-methyl/N-ethyl adjacent to an activating group) is 1. The standard InChI is InChI=1S/C15H19N3/c1-4-16-15(12(2)3)14-10-11-18(17-14)13-8-6-5-7-9-13/h5-11,15-16H,2,4H2,1,3H3. The van der Waals surface area contributed by atoms with E-state index in [1.807, 2.05) is 54.2 Å². The maximum Gasteiger partial charge on any atom is 0.0840 e. The largest absolute Gasteiger partial charge is 0.305 e. The van der Waals surface area contributed by atoms with Crippen LogP contribution in [-0.4, -0.2) is 16.3 Å². The lowest BCUT2D eigenvalue weighted by Gasteiger charge is -2.15.